The normalized spacial score (nSPS) is 12.8. The van der Waals surface area contributed by atoms with Gasteiger partial charge < -0.3 is 11.1 Å². The third-order valence-corrected chi connectivity index (χ3v) is 2.91. The van der Waals surface area contributed by atoms with Crippen LogP contribution in [0.2, 0.25) is 0 Å². The van der Waals surface area contributed by atoms with Gasteiger partial charge in [-0.3, -0.25) is 4.98 Å². The zero-order valence-electron chi connectivity index (χ0n) is 10.2. The van der Waals surface area contributed by atoms with E-state index in [2.05, 4.69) is 41.5 Å². The molecule has 0 aliphatic heterocycles. The molecular formula is C14H19N3. The Morgan fingerprint density at radius 3 is 3.00 bits per heavy atom. The van der Waals surface area contributed by atoms with Gasteiger partial charge >= 0.3 is 0 Å². The minimum Gasteiger partial charge on any atom is -0.329 e. The Bertz CT molecular complexity index is 482. The number of nitrogens with one attached hydrogen (secondary N) is 1. The van der Waals surface area contributed by atoms with Crippen LogP contribution >= 0.6 is 0 Å². The Hall–Kier alpha value is -1.45. The van der Waals surface area contributed by atoms with Gasteiger partial charge in [-0.2, -0.15) is 0 Å². The predicted octanol–water partition coefficient (Wildman–Crippen LogP) is 2.23. The molecule has 0 aliphatic carbocycles. The average Bonchev–Trinajstić information content (AvgIpc) is 2.39. The lowest BCUT2D eigenvalue weighted by Gasteiger charge is -2.17. The molecule has 3 heteroatoms. The quantitative estimate of drug-likeness (QED) is 0.826. The maximum absolute atomic E-state index is 5.81. The van der Waals surface area contributed by atoms with E-state index in [1.165, 1.54) is 10.9 Å². The van der Waals surface area contributed by atoms with Crippen molar-refractivity contribution in [3.8, 4) is 0 Å². The van der Waals surface area contributed by atoms with Gasteiger partial charge in [0.25, 0.3) is 0 Å². The van der Waals surface area contributed by atoms with Crippen molar-refractivity contribution in [2.24, 2.45) is 5.73 Å². The molecule has 0 saturated carbocycles. The first-order valence-corrected chi connectivity index (χ1v) is 6.13. The van der Waals surface area contributed by atoms with Crippen molar-refractivity contribution in [3.63, 3.8) is 0 Å². The molecule has 2 rings (SSSR count). The number of hydrogen-bond acceptors (Lipinski definition) is 3. The van der Waals surface area contributed by atoms with Crippen LogP contribution in [0.25, 0.3) is 10.9 Å². The van der Waals surface area contributed by atoms with E-state index in [9.17, 15) is 0 Å². The van der Waals surface area contributed by atoms with Crippen LogP contribution in [0.15, 0.2) is 36.5 Å². The zero-order chi connectivity index (χ0) is 12.1. The van der Waals surface area contributed by atoms with Crippen molar-refractivity contribution in [1.29, 1.82) is 0 Å². The summed E-state index contributed by atoms with van der Waals surface area (Å²) < 4.78 is 0. The number of rotatable bonds is 5. The second-order valence-electron chi connectivity index (χ2n) is 4.20. The van der Waals surface area contributed by atoms with Gasteiger partial charge in [0, 0.05) is 24.2 Å². The summed E-state index contributed by atoms with van der Waals surface area (Å²) >= 11 is 0. The highest BCUT2D eigenvalue weighted by molar-refractivity contribution is 5.79. The third-order valence-electron chi connectivity index (χ3n) is 2.91. The first-order valence-electron chi connectivity index (χ1n) is 6.13. The van der Waals surface area contributed by atoms with Crippen LogP contribution in [-0.4, -0.2) is 18.1 Å². The van der Waals surface area contributed by atoms with Crippen LogP contribution in [0.3, 0.4) is 0 Å². The Kier molecular flexibility index (Phi) is 4.07. The topological polar surface area (TPSA) is 50.9 Å². The van der Waals surface area contributed by atoms with Crippen LogP contribution in [0.1, 0.15) is 24.9 Å². The molecule has 3 nitrogen and oxygen atoms in total. The van der Waals surface area contributed by atoms with Crippen molar-refractivity contribution < 1.29 is 0 Å². The maximum Gasteiger partial charge on any atom is 0.0702 e. The van der Waals surface area contributed by atoms with Gasteiger partial charge in [-0.05, 0) is 36.7 Å². The molecule has 1 atom stereocenters. The van der Waals surface area contributed by atoms with E-state index in [0.29, 0.717) is 6.54 Å². The van der Waals surface area contributed by atoms with Crippen LogP contribution in [-0.2, 0) is 0 Å². The van der Waals surface area contributed by atoms with Gasteiger partial charge in [-0.1, -0.05) is 19.1 Å². The van der Waals surface area contributed by atoms with Gasteiger partial charge in [0.05, 0.1) is 5.52 Å². The molecule has 1 aromatic heterocycles. The van der Waals surface area contributed by atoms with Crippen LogP contribution < -0.4 is 11.1 Å². The number of fused-ring (bicyclic) bond motifs is 1. The molecule has 0 spiro atoms. The van der Waals surface area contributed by atoms with E-state index in [1.54, 1.807) is 0 Å². The van der Waals surface area contributed by atoms with E-state index in [4.69, 9.17) is 5.73 Å². The minimum absolute atomic E-state index is 0.236. The summed E-state index contributed by atoms with van der Waals surface area (Å²) in [6, 6.07) is 10.6. The van der Waals surface area contributed by atoms with Crippen molar-refractivity contribution in [2.45, 2.75) is 19.4 Å². The second kappa shape index (κ2) is 5.75. The average molecular weight is 229 g/mol. The number of benzene rings is 1. The van der Waals surface area contributed by atoms with Gasteiger partial charge in [0.15, 0.2) is 0 Å². The Balaban J connectivity index is 2.27. The predicted molar refractivity (Wildman–Crippen MR) is 71.8 cm³/mol. The molecule has 3 N–H and O–H groups in total. The van der Waals surface area contributed by atoms with E-state index in [1.807, 2.05) is 12.3 Å². The van der Waals surface area contributed by atoms with Crippen molar-refractivity contribution in [1.82, 2.24) is 10.3 Å². The Labute approximate surface area is 102 Å². The molecule has 0 bridgehead atoms. The Morgan fingerprint density at radius 2 is 2.24 bits per heavy atom. The van der Waals surface area contributed by atoms with E-state index in [-0.39, 0.29) is 6.04 Å². The summed E-state index contributed by atoms with van der Waals surface area (Å²) in [5, 5.41) is 4.62. The number of aromatic nitrogens is 1. The third kappa shape index (κ3) is 2.81. The van der Waals surface area contributed by atoms with Gasteiger partial charge in [0.1, 0.15) is 0 Å². The fourth-order valence-corrected chi connectivity index (χ4v) is 1.97. The fraction of sp³-hybridized carbons (Fsp3) is 0.357. The second-order valence-corrected chi connectivity index (χ2v) is 4.20. The highest BCUT2D eigenvalue weighted by Crippen LogP contribution is 2.18. The standard InChI is InChI=1S/C14H19N3/c1-2-7-16-14(10-15)12-5-6-13-11(9-12)4-3-8-17-13/h3-6,8-9,14,16H,2,7,10,15H2,1H3. The molecule has 0 radical (unpaired) electrons. The Morgan fingerprint density at radius 1 is 1.35 bits per heavy atom. The largest absolute Gasteiger partial charge is 0.329 e. The lowest BCUT2D eigenvalue weighted by molar-refractivity contribution is 0.540. The molecule has 0 amide bonds. The summed E-state index contributed by atoms with van der Waals surface area (Å²) in [7, 11) is 0. The molecule has 1 heterocycles. The molecule has 17 heavy (non-hydrogen) atoms. The first kappa shape index (κ1) is 12.0. The monoisotopic (exact) mass is 229 g/mol. The van der Waals surface area contributed by atoms with Crippen molar-refractivity contribution in [2.75, 3.05) is 13.1 Å². The number of nitrogens with zero attached hydrogens (tertiary/aromatic N) is 1. The van der Waals surface area contributed by atoms with Crippen LogP contribution in [0.5, 0.6) is 0 Å². The number of nitrogens with two attached hydrogens (primary N) is 1. The lowest BCUT2D eigenvalue weighted by Crippen LogP contribution is -2.28. The number of hydrogen-bond donors (Lipinski definition) is 2. The van der Waals surface area contributed by atoms with Crippen LogP contribution in [0.4, 0.5) is 0 Å². The molecule has 0 aliphatic rings. The summed E-state index contributed by atoms with van der Waals surface area (Å²) in [5.41, 5.74) is 8.08. The van der Waals surface area contributed by atoms with E-state index in [0.717, 1.165) is 18.5 Å². The summed E-state index contributed by atoms with van der Waals surface area (Å²) in [5.74, 6) is 0. The minimum atomic E-state index is 0.236. The first-order chi connectivity index (χ1) is 8.35. The lowest BCUT2D eigenvalue weighted by atomic mass is 10.0. The van der Waals surface area contributed by atoms with Gasteiger partial charge in [-0.25, -0.2) is 0 Å². The molecular weight excluding hydrogens is 210 g/mol. The van der Waals surface area contributed by atoms with Crippen molar-refractivity contribution in [3.05, 3.63) is 42.1 Å². The summed E-state index contributed by atoms with van der Waals surface area (Å²) in [4.78, 5) is 4.32. The maximum atomic E-state index is 5.81. The zero-order valence-corrected chi connectivity index (χ0v) is 10.2. The van der Waals surface area contributed by atoms with Crippen molar-refractivity contribution >= 4 is 10.9 Å². The number of pyridine rings is 1. The summed E-state index contributed by atoms with van der Waals surface area (Å²) in [6.45, 7) is 3.77. The van der Waals surface area contributed by atoms with Gasteiger partial charge in [0.2, 0.25) is 0 Å². The highest BCUT2D eigenvalue weighted by atomic mass is 14.9. The highest BCUT2D eigenvalue weighted by Gasteiger charge is 2.08. The fourth-order valence-electron chi connectivity index (χ4n) is 1.97. The molecule has 0 fully saturated rings. The van der Waals surface area contributed by atoms with E-state index >= 15 is 0 Å². The SMILES string of the molecule is CCCNC(CN)c1ccc2ncccc2c1. The molecule has 0 saturated heterocycles. The molecule has 1 aromatic carbocycles. The molecule has 90 valence electrons. The van der Waals surface area contributed by atoms with Crippen LogP contribution in [0, 0.1) is 0 Å². The van der Waals surface area contributed by atoms with E-state index < -0.39 is 0 Å². The molecule has 2 aromatic rings. The summed E-state index contributed by atoms with van der Waals surface area (Å²) in [6.07, 6.45) is 2.93. The smallest absolute Gasteiger partial charge is 0.0702 e. The van der Waals surface area contributed by atoms with Gasteiger partial charge in [-0.15, -0.1) is 0 Å². The molecule has 1 unspecified atom stereocenters.